The van der Waals surface area contributed by atoms with Gasteiger partial charge < -0.3 is 10.2 Å². The van der Waals surface area contributed by atoms with Crippen LogP contribution in [0.15, 0.2) is 24.3 Å². The fourth-order valence-corrected chi connectivity index (χ4v) is 4.22. The molecule has 12 heteroatoms. The maximum absolute atomic E-state index is 13.1. The molecule has 174 valence electrons. The lowest BCUT2D eigenvalue weighted by molar-refractivity contribution is -0.385. The van der Waals surface area contributed by atoms with Gasteiger partial charge in [-0.15, -0.1) is 0 Å². The summed E-state index contributed by atoms with van der Waals surface area (Å²) in [5.74, 6) is -1.43. The molecule has 2 fully saturated rings. The SMILES string of the molecule is O=C(CCN1C(=O)NC2(CCCCC2)C1=O)N(Cc1ccccc1[N+](=O)[O-])CC(F)(F)F. The van der Waals surface area contributed by atoms with Crippen molar-refractivity contribution in [1.29, 1.82) is 0 Å². The van der Waals surface area contributed by atoms with Crippen molar-refractivity contribution in [3.05, 3.63) is 39.9 Å². The molecule has 1 aliphatic heterocycles. The molecule has 1 aliphatic carbocycles. The maximum Gasteiger partial charge on any atom is 0.406 e. The van der Waals surface area contributed by atoms with Crippen molar-refractivity contribution < 1.29 is 32.5 Å². The van der Waals surface area contributed by atoms with Gasteiger partial charge in [-0.2, -0.15) is 13.2 Å². The first-order valence-electron chi connectivity index (χ1n) is 10.2. The van der Waals surface area contributed by atoms with Crippen molar-refractivity contribution in [2.75, 3.05) is 13.1 Å². The standard InChI is InChI=1S/C20H23F3N4O5/c21-20(22,23)13-25(12-14-6-2-3-7-15(14)27(31)32)16(28)8-11-26-17(29)19(24-18(26)30)9-4-1-5-10-19/h2-3,6-7H,1,4-5,8-13H2,(H,24,30). The van der Waals surface area contributed by atoms with E-state index in [1.807, 2.05) is 0 Å². The van der Waals surface area contributed by atoms with Gasteiger partial charge in [0.1, 0.15) is 12.1 Å². The molecule has 0 unspecified atom stereocenters. The highest BCUT2D eigenvalue weighted by Gasteiger charge is 2.51. The van der Waals surface area contributed by atoms with Crippen LogP contribution < -0.4 is 5.32 Å². The van der Waals surface area contributed by atoms with E-state index in [0.29, 0.717) is 17.7 Å². The minimum atomic E-state index is -4.73. The Labute approximate surface area is 181 Å². The largest absolute Gasteiger partial charge is 0.406 e. The van der Waals surface area contributed by atoms with Crippen LogP contribution in [0.4, 0.5) is 23.7 Å². The van der Waals surface area contributed by atoms with Crippen LogP contribution in [0.2, 0.25) is 0 Å². The number of urea groups is 1. The molecule has 1 saturated carbocycles. The van der Waals surface area contributed by atoms with Crippen LogP contribution in [0, 0.1) is 10.1 Å². The van der Waals surface area contributed by atoms with Crippen molar-refractivity contribution in [1.82, 2.24) is 15.1 Å². The number of nitrogens with zero attached hydrogens (tertiary/aromatic N) is 3. The number of nitrogens with one attached hydrogen (secondary N) is 1. The molecule has 9 nitrogen and oxygen atoms in total. The number of carbonyl (C=O) groups is 3. The van der Waals surface area contributed by atoms with Crippen LogP contribution in [0.1, 0.15) is 44.1 Å². The van der Waals surface area contributed by atoms with E-state index in [0.717, 1.165) is 30.2 Å². The zero-order chi connectivity index (χ0) is 23.5. The molecule has 32 heavy (non-hydrogen) atoms. The van der Waals surface area contributed by atoms with Gasteiger partial charge in [0.2, 0.25) is 5.91 Å². The molecule has 0 radical (unpaired) electrons. The summed E-state index contributed by atoms with van der Waals surface area (Å²) >= 11 is 0. The van der Waals surface area contributed by atoms with Gasteiger partial charge in [0.25, 0.3) is 11.6 Å². The van der Waals surface area contributed by atoms with E-state index in [9.17, 15) is 37.7 Å². The molecule has 4 amide bonds. The van der Waals surface area contributed by atoms with E-state index >= 15 is 0 Å². The van der Waals surface area contributed by atoms with E-state index in [2.05, 4.69) is 5.32 Å². The minimum absolute atomic E-state index is 0.0498. The minimum Gasteiger partial charge on any atom is -0.329 e. The Morgan fingerprint density at radius 3 is 2.47 bits per heavy atom. The number of halogens is 3. The summed E-state index contributed by atoms with van der Waals surface area (Å²) in [7, 11) is 0. The molecule has 0 bridgehead atoms. The lowest BCUT2D eigenvalue weighted by Gasteiger charge is -2.30. The highest BCUT2D eigenvalue weighted by atomic mass is 19.4. The highest BCUT2D eigenvalue weighted by molar-refractivity contribution is 6.07. The van der Waals surface area contributed by atoms with Crippen LogP contribution in [-0.2, 0) is 16.1 Å². The first-order valence-corrected chi connectivity index (χ1v) is 10.2. The van der Waals surface area contributed by atoms with Crippen molar-refractivity contribution in [3.8, 4) is 0 Å². The highest BCUT2D eigenvalue weighted by Crippen LogP contribution is 2.33. The number of nitro groups is 1. The van der Waals surface area contributed by atoms with E-state index in [4.69, 9.17) is 0 Å². The number of nitro benzene ring substituents is 1. The van der Waals surface area contributed by atoms with Crippen molar-refractivity contribution in [2.24, 2.45) is 0 Å². The van der Waals surface area contributed by atoms with E-state index in [1.54, 1.807) is 0 Å². The fourth-order valence-electron chi connectivity index (χ4n) is 4.22. The van der Waals surface area contributed by atoms with Gasteiger partial charge in [-0.05, 0) is 12.8 Å². The maximum atomic E-state index is 13.1. The summed E-state index contributed by atoms with van der Waals surface area (Å²) < 4.78 is 39.2. The third-order valence-electron chi connectivity index (χ3n) is 5.77. The number of benzene rings is 1. The van der Waals surface area contributed by atoms with E-state index < -0.39 is 59.7 Å². The Hall–Kier alpha value is -3.18. The quantitative estimate of drug-likeness (QED) is 0.385. The molecular weight excluding hydrogens is 433 g/mol. The number of carbonyl (C=O) groups excluding carboxylic acids is 3. The van der Waals surface area contributed by atoms with Gasteiger partial charge in [-0.25, -0.2) is 4.79 Å². The summed E-state index contributed by atoms with van der Waals surface area (Å²) in [4.78, 5) is 49.5. The first kappa shape index (κ1) is 23.5. The van der Waals surface area contributed by atoms with Gasteiger partial charge in [-0.1, -0.05) is 37.5 Å². The van der Waals surface area contributed by atoms with Crippen LogP contribution >= 0.6 is 0 Å². The number of hydrogen-bond donors (Lipinski definition) is 1. The van der Waals surface area contributed by atoms with E-state index in [-0.39, 0.29) is 12.1 Å². The van der Waals surface area contributed by atoms with Crippen LogP contribution in [0.5, 0.6) is 0 Å². The third kappa shape index (κ3) is 5.17. The Bertz CT molecular complexity index is 915. The smallest absolute Gasteiger partial charge is 0.329 e. The van der Waals surface area contributed by atoms with Crippen LogP contribution in [0.25, 0.3) is 0 Å². The molecule has 1 aromatic carbocycles. The second kappa shape index (κ2) is 9.13. The number of hydrogen-bond acceptors (Lipinski definition) is 5. The molecule has 0 aromatic heterocycles. The number of amides is 4. The monoisotopic (exact) mass is 456 g/mol. The summed E-state index contributed by atoms with van der Waals surface area (Å²) in [5.41, 5.74) is -1.44. The Morgan fingerprint density at radius 2 is 1.84 bits per heavy atom. The predicted octanol–water partition coefficient (Wildman–Crippen LogP) is 3.13. The number of imide groups is 1. The van der Waals surface area contributed by atoms with Crippen molar-refractivity contribution >= 4 is 23.5 Å². The number of alkyl halides is 3. The Kier molecular flexibility index (Phi) is 6.70. The van der Waals surface area contributed by atoms with Gasteiger partial charge in [0.15, 0.2) is 0 Å². The average Bonchev–Trinajstić information content (AvgIpc) is 2.94. The molecule has 2 aliphatic rings. The first-order chi connectivity index (χ1) is 15.0. The summed E-state index contributed by atoms with van der Waals surface area (Å²) in [6, 6.07) is 4.55. The molecule has 1 heterocycles. The van der Waals surface area contributed by atoms with Crippen LogP contribution in [-0.4, -0.2) is 57.4 Å². The molecule has 1 N–H and O–H groups in total. The van der Waals surface area contributed by atoms with Gasteiger partial charge >= 0.3 is 12.2 Å². The second-order valence-electron chi connectivity index (χ2n) is 8.03. The van der Waals surface area contributed by atoms with Crippen molar-refractivity contribution in [2.45, 2.75) is 56.8 Å². The zero-order valence-corrected chi connectivity index (χ0v) is 17.2. The molecule has 0 atom stereocenters. The normalized spacial score (nSPS) is 18.0. The molecule has 1 saturated heterocycles. The lowest BCUT2D eigenvalue weighted by Crippen LogP contribution is -2.48. The summed E-state index contributed by atoms with van der Waals surface area (Å²) in [6.07, 6.45) is -1.79. The summed E-state index contributed by atoms with van der Waals surface area (Å²) in [5, 5.41) is 13.8. The third-order valence-corrected chi connectivity index (χ3v) is 5.77. The number of para-hydroxylation sites is 1. The molecule has 1 spiro atoms. The number of rotatable bonds is 7. The Morgan fingerprint density at radius 1 is 1.19 bits per heavy atom. The second-order valence-corrected chi connectivity index (χ2v) is 8.03. The van der Waals surface area contributed by atoms with Gasteiger partial charge in [-0.3, -0.25) is 24.6 Å². The molecule has 3 rings (SSSR count). The van der Waals surface area contributed by atoms with Crippen LogP contribution in [0.3, 0.4) is 0 Å². The predicted molar refractivity (Wildman–Crippen MR) is 105 cm³/mol. The summed E-state index contributed by atoms with van der Waals surface area (Å²) in [6.45, 7) is -2.60. The van der Waals surface area contributed by atoms with Crippen molar-refractivity contribution in [3.63, 3.8) is 0 Å². The van der Waals surface area contributed by atoms with Gasteiger partial charge in [0.05, 0.1) is 11.5 Å². The zero-order valence-electron chi connectivity index (χ0n) is 17.2. The molecular formula is C20H23F3N4O5. The topological polar surface area (TPSA) is 113 Å². The fraction of sp³-hybridized carbons (Fsp3) is 0.550. The molecule has 1 aromatic rings. The van der Waals surface area contributed by atoms with E-state index in [1.165, 1.54) is 18.2 Å². The lowest BCUT2D eigenvalue weighted by atomic mass is 9.82. The van der Waals surface area contributed by atoms with Gasteiger partial charge in [0, 0.05) is 24.6 Å². The Balaban J connectivity index is 1.71. The average molecular weight is 456 g/mol.